The van der Waals surface area contributed by atoms with Crippen LogP contribution < -0.4 is 14.2 Å². The van der Waals surface area contributed by atoms with E-state index in [-0.39, 0.29) is 6.79 Å². The summed E-state index contributed by atoms with van der Waals surface area (Å²) in [4.78, 5) is 4.91. The molecular weight excluding hydrogens is 374 g/mol. The molecule has 138 valence electrons. The molecule has 4 nitrogen and oxygen atoms in total. The van der Waals surface area contributed by atoms with Gasteiger partial charge in [0.05, 0.1) is 5.52 Å². The molecular formula is C23H16ClNO3. The van der Waals surface area contributed by atoms with Crippen LogP contribution in [0.3, 0.4) is 0 Å². The standard InChI is InChI=1S/C23H16ClNO3/c1-14-18-11-20-21(27-13-26-20)12-19(18)25-22(15-5-3-2-4-6-15)23(14)28-17-9-7-16(24)8-10-17/h2-12H,13H2,1H3. The number of benzene rings is 3. The van der Waals surface area contributed by atoms with Crippen molar-refractivity contribution < 1.29 is 14.2 Å². The van der Waals surface area contributed by atoms with Crippen molar-refractivity contribution in [1.29, 1.82) is 0 Å². The maximum atomic E-state index is 6.28. The van der Waals surface area contributed by atoms with Crippen LogP contribution in [0.25, 0.3) is 22.2 Å². The van der Waals surface area contributed by atoms with Crippen LogP contribution in [0, 0.1) is 6.92 Å². The number of hydrogen-bond acceptors (Lipinski definition) is 4. The Bertz CT molecular complexity index is 1170. The first-order chi connectivity index (χ1) is 13.7. The van der Waals surface area contributed by atoms with Crippen molar-refractivity contribution >= 4 is 22.5 Å². The zero-order valence-corrected chi connectivity index (χ0v) is 15.9. The number of pyridine rings is 1. The molecule has 28 heavy (non-hydrogen) atoms. The zero-order valence-electron chi connectivity index (χ0n) is 15.1. The Morgan fingerprint density at radius 2 is 1.64 bits per heavy atom. The van der Waals surface area contributed by atoms with E-state index in [2.05, 4.69) is 0 Å². The molecule has 0 unspecified atom stereocenters. The van der Waals surface area contributed by atoms with E-state index >= 15 is 0 Å². The number of ether oxygens (including phenoxy) is 3. The molecule has 0 aliphatic carbocycles. The van der Waals surface area contributed by atoms with E-state index in [1.165, 1.54) is 0 Å². The lowest BCUT2D eigenvalue weighted by Gasteiger charge is -2.16. The van der Waals surface area contributed by atoms with Gasteiger partial charge in [-0.25, -0.2) is 4.98 Å². The van der Waals surface area contributed by atoms with Gasteiger partial charge in [0.2, 0.25) is 6.79 Å². The quantitative estimate of drug-likeness (QED) is 0.407. The number of halogens is 1. The first kappa shape index (κ1) is 16.9. The Morgan fingerprint density at radius 3 is 2.39 bits per heavy atom. The van der Waals surface area contributed by atoms with Gasteiger partial charge in [0.25, 0.3) is 0 Å². The monoisotopic (exact) mass is 389 g/mol. The van der Waals surface area contributed by atoms with Crippen molar-refractivity contribution in [2.24, 2.45) is 0 Å². The normalized spacial score (nSPS) is 12.4. The molecule has 3 aromatic carbocycles. The Hall–Kier alpha value is -3.24. The highest BCUT2D eigenvalue weighted by molar-refractivity contribution is 6.30. The highest BCUT2D eigenvalue weighted by Crippen LogP contribution is 2.43. The molecule has 0 fully saturated rings. The van der Waals surface area contributed by atoms with E-state index in [1.807, 2.05) is 61.5 Å². The maximum absolute atomic E-state index is 6.28. The minimum atomic E-state index is 0.227. The highest BCUT2D eigenvalue weighted by atomic mass is 35.5. The van der Waals surface area contributed by atoms with E-state index in [9.17, 15) is 0 Å². The number of aromatic nitrogens is 1. The van der Waals surface area contributed by atoms with Crippen molar-refractivity contribution in [1.82, 2.24) is 4.98 Å². The smallest absolute Gasteiger partial charge is 0.231 e. The Labute approximate surface area is 167 Å². The first-order valence-electron chi connectivity index (χ1n) is 8.92. The molecule has 0 amide bonds. The van der Waals surface area contributed by atoms with Gasteiger partial charge in [-0.3, -0.25) is 0 Å². The second kappa shape index (κ2) is 6.73. The van der Waals surface area contributed by atoms with Gasteiger partial charge in [-0.05, 0) is 37.3 Å². The van der Waals surface area contributed by atoms with Gasteiger partial charge >= 0.3 is 0 Å². The van der Waals surface area contributed by atoms with Gasteiger partial charge in [-0.2, -0.15) is 0 Å². The predicted molar refractivity (Wildman–Crippen MR) is 110 cm³/mol. The lowest BCUT2D eigenvalue weighted by Crippen LogP contribution is -1.97. The second-order valence-corrected chi connectivity index (χ2v) is 7.00. The van der Waals surface area contributed by atoms with E-state index in [0.717, 1.165) is 33.5 Å². The minimum absolute atomic E-state index is 0.227. The fourth-order valence-electron chi connectivity index (χ4n) is 3.33. The largest absolute Gasteiger partial charge is 0.455 e. The van der Waals surface area contributed by atoms with Crippen LogP contribution in [0.5, 0.6) is 23.0 Å². The number of aryl methyl sites for hydroxylation is 1. The SMILES string of the molecule is Cc1c(Oc2ccc(Cl)cc2)c(-c2ccccc2)nc2cc3c(cc12)OCO3. The Morgan fingerprint density at radius 1 is 0.929 bits per heavy atom. The molecule has 1 aliphatic rings. The van der Waals surface area contributed by atoms with Crippen molar-refractivity contribution in [3.05, 3.63) is 77.3 Å². The molecule has 0 atom stereocenters. The van der Waals surface area contributed by atoms with Gasteiger partial charge in [-0.15, -0.1) is 0 Å². The zero-order chi connectivity index (χ0) is 19.1. The van der Waals surface area contributed by atoms with Crippen LogP contribution in [0.4, 0.5) is 0 Å². The third-order valence-corrected chi connectivity index (χ3v) is 5.02. The molecule has 5 heteroatoms. The number of hydrogen-bond donors (Lipinski definition) is 0. The molecule has 0 radical (unpaired) electrons. The maximum Gasteiger partial charge on any atom is 0.231 e. The average Bonchev–Trinajstić information content (AvgIpc) is 3.18. The third kappa shape index (κ3) is 2.92. The van der Waals surface area contributed by atoms with Crippen LogP contribution in [0.15, 0.2) is 66.7 Å². The fourth-order valence-corrected chi connectivity index (χ4v) is 3.46. The number of fused-ring (bicyclic) bond motifs is 2. The van der Waals surface area contributed by atoms with Crippen LogP contribution in [-0.4, -0.2) is 11.8 Å². The van der Waals surface area contributed by atoms with Gasteiger partial charge in [-0.1, -0.05) is 41.9 Å². The molecule has 0 N–H and O–H groups in total. The highest BCUT2D eigenvalue weighted by Gasteiger charge is 2.21. The Kier molecular flexibility index (Phi) is 4.06. The van der Waals surface area contributed by atoms with Crippen molar-refractivity contribution in [2.75, 3.05) is 6.79 Å². The summed E-state index contributed by atoms with van der Waals surface area (Å²) in [5.41, 5.74) is 3.58. The lowest BCUT2D eigenvalue weighted by molar-refractivity contribution is 0.174. The van der Waals surface area contributed by atoms with E-state index < -0.39 is 0 Å². The summed E-state index contributed by atoms with van der Waals surface area (Å²) in [6, 6.07) is 21.2. The van der Waals surface area contributed by atoms with Crippen LogP contribution in [0.1, 0.15) is 5.56 Å². The van der Waals surface area contributed by atoms with E-state index in [1.54, 1.807) is 12.1 Å². The van der Waals surface area contributed by atoms with Crippen molar-refractivity contribution in [3.8, 4) is 34.3 Å². The van der Waals surface area contributed by atoms with E-state index in [4.69, 9.17) is 30.8 Å². The van der Waals surface area contributed by atoms with Gasteiger partial charge in [0, 0.05) is 27.6 Å². The van der Waals surface area contributed by atoms with Gasteiger partial charge < -0.3 is 14.2 Å². The summed E-state index contributed by atoms with van der Waals surface area (Å²) >= 11 is 6.01. The fraction of sp³-hybridized carbons (Fsp3) is 0.0870. The second-order valence-electron chi connectivity index (χ2n) is 6.56. The molecule has 0 saturated heterocycles. The summed E-state index contributed by atoms with van der Waals surface area (Å²) in [6.45, 7) is 2.26. The molecule has 4 aromatic rings. The summed E-state index contributed by atoms with van der Waals surface area (Å²) in [6.07, 6.45) is 0. The first-order valence-corrected chi connectivity index (χ1v) is 9.29. The summed E-state index contributed by atoms with van der Waals surface area (Å²) in [5.74, 6) is 2.85. The van der Waals surface area contributed by atoms with Crippen LogP contribution in [0.2, 0.25) is 5.02 Å². The summed E-state index contributed by atoms with van der Waals surface area (Å²) in [7, 11) is 0. The van der Waals surface area contributed by atoms with Crippen molar-refractivity contribution in [3.63, 3.8) is 0 Å². The molecule has 1 aromatic heterocycles. The number of nitrogens with zero attached hydrogens (tertiary/aromatic N) is 1. The topological polar surface area (TPSA) is 40.6 Å². The minimum Gasteiger partial charge on any atom is -0.455 e. The van der Waals surface area contributed by atoms with Gasteiger partial charge in [0.1, 0.15) is 11.4 Å². The predicted octanol–water partition coefficient (Wildman–Crippen LogP) is 6.38. The molecule has 2 heterocycles. The number of rotatable bonds is 3. The summed E-state index contributed by atoms with van der Waals surface area (Å²) in [5, 5.41) is 1.63. The molecule has 0 saturated carbocycles. The average molecular weight is 390 g/mol. The van der Waals surface area contributed by atoms with E-state index in [0.29, 0.717) is 22.3 Å². The Balaban J connectivity index is 1.74. The third-order valence-electron chi connectivity index (χ3n) is 4.76. The molecule has 0 bridgehead atoms. The molecule has 0 spiro atoms. The van der Waals surface area contributed by atoms with Crippen molar-refractivity contribution in [2.45, 2.75) is 6.92 Å². The molecule has 1 aliphatic heterocycles. The molecule has 5 rings (SSSR count). The summed E-state index contributed by atoms with van der Waals surface area (Å²) < 4.78 is 17.3. The van der Waals surface area contributed by atoms with Crippen LogP contribution in [-0.2, 0) is 0 Å². The van der Waals surface area contributed by atoms with Crippen LogP contribution >= 0.6 is 11.6 Å². The van der Waals surface area contributed by atoms with Gasteiger partial charge in [0.15, 0.2) is 17.2 Å². The lowest BCUT2D eigenvalue weighted by atomic mass is 10.0.